The van der Waals surface area contributed by atoms with Crippen LogP contribution in [0.3, 0.4) is 0 Å². The van der Waals surface area contributed by atoms with E-state index in [1.807, 2.05) is 13.0 Å². The molecule has 2 atom stereocenters. The molecule has 6 aliphatic rings. The minimum Gasteiger partial charge on any atom is -0.495 e. The Morgan fingerprint density at radius 1 is 0.924 bits per heavy atom. The summed E-state index contributed by atoms with van der Waals surface area (Å²) in [5.41, 5.74) is 3.08. The molecule has 1 aromatic heterocycles. The van der Waals surface area contributed by atoms with Gasteiger partial charge in [-0.1, -0.05) is 25.8 Å². The highest BCUT2D eigenvalue weighted by Crippen LogP contribution is 2.41. The number of rotatable bonds is 16. The van der Waals surface area contributed by atoms with Crippen LogP contribution in [0.1, 0.15) is 95.8 Å². The van der Waals surface area contributed by atoms with Crippen molar-refractivity contribution in [3.8, 4) is 5.75 Å². The van der Waals surface area contributed by atoms with Gasteiger partial charge in [0.2, 0.25) is 23.7 Å². The number of aromatic nitrogens is 2. The molecule has 1 saturated carbocycles. The highest BCUT2D eigenvalue weighted by atomic mass is 16.5. The molecule has 0 radical (unpaired) electrons. The van der Waals surface area contributed by atoms with Gasteiger partial charge in [-0.2, -0.15) is 4.98 Å². The molecule has 0 spiro atoms. The number of hydrogen-bond donors (Lipinski definition) is 4. The Morgan fingerprint density at radius 2 is 1.71 bits per heavy atom. The number of nitrogens with zero attached hydrogens (tertiary/aromatic N) is 7. The van der Waals surface area contributed by atoms with Gasteiger partial charge in [0.25, 0.3) is 17.7 Å². The Hall–Kier alpha value is -6.18. The molecule has 9 rings (SSSR count). The molecule has 3 aromatic rings. The predicted octanol–water partition coefficient (Wildman–Crippen LogP) is 2.82. The minimum absolute atomic E-state index is 0.0493. The summed E-state index contributed by atoms with van der Waals surface area (Å²) < 4.78 is 11.7. The number of carbonyl (C=O) groups excluding carboxylic acids is 6. The first-order valence-corrected chi connectivity index (χ1v) is 23.3. The van der Waals surface area contributed by atoms with Crippen molar-refractivity contribution in [1.29, 1.82) is 0 Å². The lowest BCUT2D eigenvalue weighted by molar-refractivity contribution is -0.136. The van der Waals surface area contributed by atoms with Crippen molar-refractivity contribution in [1.82, 2.24) is 35.7 Å². The molecule has 19 heteroatoms. The Morgan fingerprint density at radius 3 is 2.45 bits per heavy atom. The van der Waals surface area contributed by atoms with Gasteiger partial charge in [0, 0.05) is 76.4 Å². The smallest absolute Gasteiger partial charge is 0.264 e. The van der Waals surface area contributed by atoms with Gasteiger partial charge >= 0.3 is 0 Å². The second-order valence-corrected chi connectivity index (χ2v) is 18.0. The highest BCUT2D eigenvalue weighted by molar-refractivity contribution is 6.25. The fourth-order valence-electron chi connectivity index (χ4n) is 10.3. The van der Waals surface area contributed by atoms with Crippen LogP contribution in [0.2, 0.25) is 0 Å². The molecule has 350 valence electrons. The van der Waals surface area contributed by atoms with Crippen molar-refractivity contribution in [3.63, 3.8) is 0 Å². The lowest BCUT2D eigenvalue weighted by Crippen LogP contribution is -2.59. The monoisotopic (exact) mass is 905 g/mol. The molecule has 19 nitrogen and oxygen atoms in total. The van der Waals surface area contributed by atoms with E-state index in [9.17, 15) is 28.8 Å². The normalized spacial score (nSPS) is 21.8. The van der Waals surface area contributed by atoms with Gasteiger partial charge in [-0.15, -0.1) is 0 Å². The van der Waals surface area contributed by atoms with Gasteiger partial charge in [-0.05, 0) is 68.9 Å². The standard InChI is InChI=1S/C47H59N11O8/c1-4-34-45(63)54(2)37-25-49-47(53-41(37)57(34)31-8-5-6-9-31)51-33-13-12-28(24-38(33)65-3)42(60)50-29-16-19-55(20-17-29)21-23-66-22-18-48-30-26-56(27-30)35-11-7-10-32-40(35)46(64)58(44(32)62)36-14-15-39(59)52-43(36)61/h7,10-13,24-25,29-31,34,36,48H,4-6,8-9,14-23,26-27H2,1-3H3,(H,50,60)(H,49,51,53)(H,52,59,61)/t34-,36?/m1/s1. The Balaban J connectivity index is 0.685. The number of likely N-dealkylation sites (tertiary alicyclic amines) is 1. The van der Waals surface area contributed by atoms with Crippen LogP contribution < -0.4 is 40.7 Å². The van der Waals surface area contributed by atoms with Gasteiger partial charge in [0.1, 0.15) is 23.5 Å². The van der Waals surface area contributed by atoms with E-state index in [1.165, 1.54) is 0 Å². The summed E-state index contributed by atoms with van der Waals surface area (Å²) >= 11 is 0. The number of nitrogens with one attached hydrogen (secondary N) is 4. The zero-order chi connectivity index (χ0) is 46.1. The van der Waals surface area contributed by atoms with Crippen molar-refractivity contribution >= 4 is 64.3 Å². The maximum Gasteiger partial charge on any atom is 0.264 e. The number of hydrogen-bond acceptors (Lipinski definition) is 15. The Labute approximate surface area is 383 Å². The number of likely N-dealkylation sites (N-methyl/N-ethyl adjacent to an activating group) is 1. The zero-order valence-electron chi connectivity index (χ0n) is 37.8. The average molecular weight is 906 g/mol. The van der Waals surface area contributed by atoms with Crippen LogP contribution in [0.15, 0.2) is 42.6 Å². The summed E-state index contributed by atoms with van der Waals surface area (Å²) in [6, 6.07) is 9.73. The molecule has 0 bridgehead atoms. The van der Waals surface area contributed by atoms with Gasteiger partial charge in [-0.3, -0.25) is 39.0 Å². The minimum atomic E-state index is -0.996. The van der Waals surface area contributed by atoms with E-state index in [0.29, 0.717) is 79.2 Å². The van der Waals surface area contributed by atoms with Crippen LogP contribution in [-0.4, -0.2) is 152 Å². The molecule has 6 heterocycles. The van der Waals surface area contributed by atoms with E-state index in [0.717, 1.165) is 68.9 Å². The molecule has 66 heavy (non-hydrogen) atoms. The number of ether oxygens (including phenoxy) is 2. The summed E-state index contributed by atoms with van der Waals surface area (Å²) in [5, 5.41) is 12.2. The van der Waals surface area contributed by atoms with Crippen LogP contribution in [0.25, 0.3) is 0 Å². The maximum absolute atomic E-state index is 13.5. The molecule has 4 N–H and O–H groups in total. The molecule has 1 aliphatic carbocycles. The van der Waals surface area contributed by atoms with Gasteiger partial charge in [-0.25, -0.2) is 4.98 Å². The maximum atomic E-state index is 13.5. The van der Waals surface area contributed by atoms with E-state index in [-0.39, 0.29) is 54.4 Å². The highest BCUT2D eigenvalue weighted by Gasteiger charge is 2.47. The SMILES string of the molecule is CC[C@@H]1C(=O)N(C)c2cnc(Nc3ccc(C(=O)NC4CCN(CCOCCNC5CN(c6cccc7c6C(=O)N(C6CCC(=O)NC6=O)C7=O)C5)CC4)cc3OC)nc2N1C1CCCC1. The molecule has 1 unspecified atom stereocenters. The number of carbonyl (C=O) groups is 6. The molecule has 3 saturated heterocycles. The molecule has 6 amide bonds. The number of methoxy groups -OCH3 is 1. The van der Waals surface area contributed by atoms with Gasteiger partial charge in [0.15, 0.2) is 5.82 Å². The third-order valence-electron chi connectivity index (χ3n) is 13.9. The van der Waals surface area contributed by atoms with E-state index < -0.39 is 29.7 Å². The second-order valence-electron chi connectivity index (χ2n) is 18.0. The van der Waals surface area contributed by atoms with E-state index in [1.54, 1.807) is 55.6 Å². The largest absolute Gasteiger partial charge is 0.495 e. The molecule has 5 aliphatic heterocycles. The first-order chi connectivity index (χ1) is 32.0. The van der Waals surface area contributed by atoms with Crippen LogP contribution in [0, 0.1) is 0 Å². The van der Waals surface area contributed by atoms with E-state index in [4.69, 9.17) is 14.5 Å². The van der Waals surface area contributed by atoms with Crippen LogP contribution in [0.4, 0.5) is 28.8 Å². The molecule has 2 aromatic carbocycles. The number of benzene rings is 2. The van der Waals surface area contributed by atoms with Gasteiger partial charge in [0.05, 0.1) is 49.0 Å². The summed E-state index contributed by atoms with van der Waals surface area (Å²) in [4.78, 5) is 96.3. The zero-order valence-corrected chi connectivity index (χ0v) is 37.8. The Kier molecular flexibility index (Phi) is 13.2. The number of anilines is 5. The third kappa shape index (κ3) is 8.90. The average Bonchev–Trinajstić information content (AvgIpc) is 3.93. The lowest BCUT2D eigenvalue weighted by Gasteiger charge is -2.43. The van der Waals surface area contributed by atoms with Gasteiger partial charge < -0.3 is 45.0 Å². The number of piperidine rings is 2. The molecule has 4 fully saturated rings. The number of fused-ring (bicyclic) bond motifs is 2. The quantitative estimate of drug-likeness (QED) is 0.120. The van der Waals surface area contributed by atoms with E-state index >= 15 is 0 Å². The predicted molar refractivity (Wildman–Crippen MR) is 245 cm³/mol. The fourth-order valence-corrected chi connectivity index (χ4v) is 10.3. The van der Waals surface area contributed by atoms with E-state index in [2.05, 4.69) is 41.0 Å². The lowest BCUT2D eigenvalue weighted by atomic mass is 10.0. The summed E-state index contributed by atoms with van der Waals surface area (Å²) in [6.07, 6.45) is 8.59. The molecular weight excluding hydrogens is 847 g/mol. The second kappa shape index (κ2) is 19.3. The first kappa shape index (κ1) is 45.0. The summed E-state index contributed by atoms with van der Waals surface area (Å²) in [7, 11) is 3.35. The number of amides is 6. The van der Waals surface area contributed by atoms with Crippen molar-refractivity contribution in [2.24, 2.45) is 0 Å². The summed E-state index contributed by atoms with van der Waals surface area (Å²) in [6.45, 7) is 7.67. The van der Waals surface area contributed by atoms with Crippen molar-refractivity contribution in [2.45, 2.75) is 94.9 Å². The van der Waals surface area contributed by atoms with Crippen molar-refractivity contribution in [3.05, 3.63) is 59.3 Å². The topological polar surface area (TPSA) is 211 Å². The number of imide groups is 2. The van der Waals surface area contributed by atoms with Crippen molar-refractivity contribution < 1.29 is 38.2 Å². The summed E-state index contributed by atoms with van der Waals surface area (Å²) in [5.74, 6) is -0.495. The molecular formula is C47H59N11O8. The van der Waals surface area contributed by atoms with Crippen LogP contribution in [-0.2, 0) is 19.1 Å². The third-order valence-corrected chi connectivity index (χ3v) is 13.9. The first-order valence-electron chi connectivity index (χ1n) is 23.3. The Bertz CT molecular complexity index is 2380. The van der Waals surface area contributed by atoms with Crippen LogP contribution >= 0.6 is 0 Å². The fraction of sp³-hybridized carbons (Fsp3) is 0.532. The van der Waals surface area contributed by atoms with Crippen molar-refractivity contribution in [2.75, 3.05) is 86.7 Å². The van der Waals surface area contributed by atoms with Crippen LogP contribution in [0.5, 0.6) is 5.75 Å².